The highest BCUT2D eigenvalue weighted by atomic mass is 16.5. The van der Waals surface area contributed by atoms with Crippen molar-refractivity contribution in [3.8, 4) is 11.5 Å². The summed E-state index contributed by atoms with van der Waals surface area (Å²) in [5, 5.41) is 12.3. The van der Waals surface area contributed by atoms with Crippen LogP contribution in [0.5, 0.6) is 11.5 Å². The molecule has 0 aliphatic heterocycles. The summed E-state index contributed by atoms with van der Waals surface area (Å²) in [6.07, 6.45) is 0. The number of hydrogen-bond acceptors (Lipinski definition) is 5. The second kappa shape index (κ2) is 6.04. The Morgan fingerprint density at radius 2 is 1.81 bits per heavy atom. The fourth-order valence-electron chi connectivity index (χ4n) is 1.89. The molecular formula is C15H16N2O4. The Kier molecular flexibility index (Phi) is 4.18. The Bertz CT molecular complexity index is 671. The molecule has 2 aromatic carbocycles. The third-order valence-electron chi connectivity index (χ3n) is 2.95. The van der Waals surface area contributed by atoms with Crippen molar-refractivity contribution in [2.24, 2.45) is 0 Å². The summed E-state index contributed by atoms with van der Waals surface area (Å²) in [4.78, 5) is 11.3. The number of nitrogens with one attached hydrogen (secondary N) is 1. The van der Waals surface area contributed by atoms with Crippen LogP contribution in [0, 0.1) is 0 Å². The highest BCUT2D eigenvalue weighted by molar-refractivity contribution is 5.96. The smallest absolute Gasteiger partial charge is 0.337 e. The van der Waals surface area contributed by atoms with E-state index in [1.807, 2.05) is 0 Å². The predicted molar refractivity (Wildman–Crippen MR) is 80.6 cm³/mol. The second-order valence-corrected chi connectivity index (χ2v) is 4.30. The number of benzene rings is 2. The van der Waals surface area contributed by atoms with E-state index in [9.17, 15) is 9.90 Å². The maximum absolute atomic E-state index is 11.3. The normalized spacial score (nSPS) is 10.0. The van der Waals surface area contributed by atoms with E-state index in [4.69, 9.17) is 15.2 Å². The van der Waals surface area contributed by atoms with Crippen LogP contribution in [0.1, 0.15) is 10.4 Å². The van der Waals surface area contributed by atoms with Crippen LogP contribution in [0.25, 0.3) is 0 Å². The van der Waals surface area contributed by atoms with Gasteiger partial charge in [-0.05, 0) is 30.3 Å². The molecule has 0 bridgehead atoms. The molecule has 0 saturated carbocycles. The van der Waals surface area contributed by atoms with Crippen LogP contribution in [-0.4, -0.2) is 25.3 Å². The van der Waals surface area contributed by atoms with Crippen LogP contribution in [0.4, 0.5) is 17.1 Å². The van der Waals surface area contributed by atoms with Crippen molar-refractivity contribution in [3.63, 3.8) is 0 Å². The molecule has 0 saturated heterocycles. The standard InChI is InChI=1S/C15H16N2O4/c1-20-10-4-6-13(14(8-10)21-2)17-12-5-3-9(16)7-11(12)15(18)19/h3-8,17H,16H2,1-2H3,(H,18,19). The molecule has 0 heterocycles. The summed E-state index contributed by atoms with van der Waals surface area (Å²) in [6, 6.07) is 9.86. The SMILES string of the molecule is COc1ccc(Nc2ccc(N)cc2C(=O)O)c(OC)c1. The van der Waals surface area contributed by atoms with Crippen molar-refractivity contribution in [2.45, 2.75) is 0 Å². The number of methoxy groups -OCH3 is 2. The lowest BCUT2D eigenvalue weighted by Crippen LogP contribution is -2.04. The Morgan fingerprint density at radius 3 is 2.43 bits per heavy atom. The molecule has 0 atom stereocenters. The molecule has 4 N–H and O–H groups in total. The minimum absolute atomic E-state index is 0.0906. The second-order valence-electron chi connectivity index (χ2n) is 4.30. The summed E-state index contributed by atoms with van der Waals surface area (Å²) in [6.45, 7) is 0. The van der Waals surface area contributed by atoms with Gasteiger partial charge in [0, 0.05) is 11.8 Å². The lowest BCUT2D eigenvalue weighted by atomic mass is 10.1. The van der Waals surface area contributed by atoms with Gasteiger partial charge >= 0.3 is 5.97 Å². The fraction of sp³-hybridized carbons (Fsp3) is 0.133. The van der Waals surface area contributed by atoms with E-state index in [1.165, 1.54) is 13.2 Å². The van der Waals surface area contributed by atoms with Crippen LogP contribution >= 0.6 is 0 Å². The molecule has 2 aromatic rings. The van der Waals surface area contributed by atoms with E-state index in [0.717, 1.165) is 0 Å². The van der Waals surface area contributed by atoms with Gasteiger partial charge in [-0.2, -0.15) is 0 Å². The van der Waals surface area contributed by atoms with Crippen molar-refractivity contribution >= 4 is 23.0 Å². The highest BCUT2D eigenvalue weighted by Crippen LogP contribution is 2.32. The summed E-state index contributed by atoms with van der Waals surface area (Å²) in [5.41, 5.74) is 7.16. The van der Waals surface area contributed by atoms with Gasteiger partial charge in [-0.15, -0.1) is 0 Å². The number of carboxylic acid groups (broad SMARTS) is 1. The van der Waals surface area contributed by atoms with Crippen LogP contribution in [-0.2, 0) is 0 Å². The largest absolute Gasteiger partial charge is 0.497 e. The average Bonchev–Trinajstić information content (AvgIpc) is 2.49. The zero-order valence-electron chi connectivity index (χ0n) is 11.7. The van der Waals surface area contributed by atoms with Gasteiger partial charge in [0.25, 0.3) is 0 Å². The van der Waals surface area contributed by atoms with Crippen molar-refractivity contribution in [3.05, 3.63) is 42.0 Å². The minimum Gasteiger partial charge on any atom is -0.497 e. The number of rotatable bonds is 5. The first kappa shape index (κ1) is 14.5. The predicted octanol–water partition coefficient (Wildman–Crippen LogP) is 2.73. The molecule has 6 nitrogen and oxygen atoms in total. The molecule has 21 heavy (non-hydrogen) atoms. The number of ether oxygens (including phenoxy) is 2. The summed E-state index contributed by atoms with van der Waals surface area (Å²) in [5.74, 6) is 0.132. The highest BCUT2D eigenvalue weighted by Gasteiger charge is 2.13. The maximum Gasteiger partial charge on any atom is 0.337 e. The first-order valence-electron chi connectivity index (χ1n) is 6.17. The molecule has 2 rings (SSSR count). The molecule has 6 heteroatoms. The van der Waals surface area contributed by atoms with Crippen LogP contribution in [0.3, 0.4) is 0 Å². The van der Waals surface area contributed by atoms with Crippen molar-refractivity contribution in [1.29, 1.82) is 0 Å². The summed E-state index contributed by atoms with van der Waals surface area (Å²) >= 11 is 0. The molecule has 110 valence electrons. The average molecular weight is 288 g/mol. The lowest BCUT2D eigenvalue weighted by molar-refractivity contribution is 0.0698. The van der Waals surface area contributed by atoms with Crippen molar-refractivity contribution in [1.82, 2.24) is 0 Å². The van der Waals surface area contributed by atoms with Gasteiger partial charge in [-0.3, -0.25) is 0 Å². The first-order valence-corrected chi connectivity index (χ1v) is 6.17. The zero-order chi connectivity index (χ0) is 15.4. The van der Waals surface area contributed by atoms with E-state index < -0.39 is 5.97 Å². The Labute approximate surface area is 122 Å². The lowest BCUT2D eigenvalue weighted by Gasteiger charge is -2.14. The van der Waals surface area contributed by atoms with E-state index in [2.05, 4.69) is 5.32 Å². The molecule has 0 aliphatic rings. The molecule has 0 unspecified atom stereocenters. The van der Waals surface area contributed by atoms with Gasteiger partial charge in [0.2, 0.25) is 0 Å². The quantitative estimate of drug-likeness (QED) is 0.732. The van der Waals surface area contributed by atoms with E-state index in [0.29, 0.717) is 28.6 Å². The molecule has 0 aromatic heterocycles. The van der Waals surface area contributed by atoms with Crippen LogP contribution in [0.2, 0.25) is 0 Å². The van der Waals surface area contributed by atoms with Gasteiger partial charge in [-0.25, -0.2) is 4.79 Å². The van der Waals surface area contributed by atoms with Crippen molar-refractivity contribution in [2.75, 3.05) is 25.3 Å². The Hall–Kier alpha value is -2.89. The number of aromatic carboxylic acids is 1. The fourth-order valence-corrected chi connectivity index (χ4v) is 1.89. The third kappa shape index (κ3) is 3.17. The first-order chi connectivity index (χ1) is 10.0. The molecule has 0 radical (unpaired) electrons. The minimum atomic E-state index is -1.06. The summed E-state index contributed by atoms with van der Waals surface area (Å²) < 4.78 is 10.4. The number of nitrogen functional groups attached to an aromatic ring is 1. The number of nitrogens with two attached hydrogens (primary N) is 1. The van der Waals surface area contributed by atoms with Gasteiger partial charge in [-0.1, -0.05) is 0 Å². The molecule has 0 spiro atoms. The summed E-state index contributed by atoms with van der Waals surface area (Å²) in [7, 11) is 3.09. The Morgan fingerprint density at radius 1 is 1.10 bits per heavy atom. The molecular weight excluding hydrogens is 272 g/mol. The van der Waals surface area contributed by atoms with Gasteiger partial charge < -0.3 is 25.6 Å². The maximum atomic E-state index is 11.3. The number of carboxylic acids is 1. The Balaban J connectivity index is 2.40. The number of hydrogen-bond donors (Lipinski definition) is 3. The zero-order valence-corrected chi connectivity index (χ0v) is 11.7. The number of anilines is 3. The third-order valence-corrected chi connectivity index (χ3v) is 2.95. The van der Waals surface area contributed by atoms with E-state index in [-0.39, 0.29) is 5.56 Å². The topological polar surface area (TPSA) is 93.8 Å². The van der Waals surface area contributed by atoms with Crippen LogP contribution < -0.4 is 20.5 Å². The van der Waals surface area contributed by atoms with Gasteiger partial charge in [0.15, 0.2) is 0 Å². The number of carbonyl (C=O) groups is 1. The van der Waals surface area contributed by atoms with E-state index in [1.54, 1.807) is 37.4 Å². The van der Waals surface area contributed by atoms with Gasteiger partial charge in [0.05, 0.1) is 31.2 Å². The van der Waals surface area contributed by atoms with Crippen LogP contribution in [0.15, 0.2) is 36.4 Å². The molecule has 0 amide bonds. The monoisotopic (exact) mass is 288 g/mol. The van der Waals surface area contributed by atoms with Gasteiger partial charge in [0.1, 0.15) is 11.5 Å². The van der Waals surface area contributed by atoms with Crippen molar-refractivity contribution < 1.29 is 19.4 Å². The molecule has 0 fully saturated rings. The van der Waals surface area contributed by atoms with E-state index >= 15 is 0 Å². The molecule has 0 aliphatic carbocycles.